The summed E-state index contributed by atoms with van der Waals surface area (Å²) < 4.78 is 4.73. The van der Waals surface area contributed by atoms with Gasteiger partial charge in [0.05, 0.1) is 25.1 Å². The van der Waals surface area contributed by atoms with Crippen molar-refractivity contribution in [2.45, 2.75) is 19.8 Å². The third-order valence-corrected chi connectivity index (χ3v) is 2.59. The first-order valence-electron chi connectivity index (χ1n) is 5.24. The summed E-state index contributed by atoms with van der Waals surface area (Å²) in [7, 11) is 0. The van der Waals surface area contributed by atoms with Gasteiger partial charge in [-0.3, -0.25) is 9.59 Å². The highest BCUT2D eigenvalue weighted by Crippen LogP contribution is 2.11. The van der Waals surface area contributed by atoms with Crippen molar-refractivity contribution in [1.29, 1.82) is 0 Å². The Kier molecular flexibility index (Phi) is 5.41. The molecule has 0 radical (unpaired) electrons. The smallest absolute Gasteiger partial charge is 0.307 e. The summed E-state index contributed by atoms with van der Waals surface area (Å²) >= 11 is 1.29. The van der Waals surface area contributed by atoms with E-state index in [-0.39, 0.29) is 31.3 Å². The van der Waals surface area contributed by atoms with Gasteiger partial charge in [0.15, 0.2) is 5.13 Å². The third kappa shape index (κ3) is 5.30. The van der Waals surface area contributed by atoms with E-state index in [9.17, 15) is 9.59 Å². The van der Waals surface area contributed by atoms with Crippen LogP contribution in [-0.4, -0.2) is 30.0 Å². The van der Waals surface area contributed by atoms with Crippen LogP contribution in [0.25, 0.3) is 0 Å². The Labute approximate surface area is 103 Å². The zero-order valence-corrected chi connectivity index (χ0v) is 10.4. The summed E-state index contributed by atoms with van der Waals surface area (Å²) in [6.07, 6.45) is 0.356. The second-order valence-corrected chi connectivity index (χ2v) is 4.15. The van der Waals surface area contributed by atoms with Gasteiger partial charge >= 0.3 is 5.97 Å². The molecule has 0 aliphatic rings. The van der Waals surface area contributed by atoms with Crippen molar-refractivity contribution in [2.75, 3.05) is 18.9 Å². The van der Waals surface area contributed by atoms with Crippen LogP contribution in [0.2, 0.25) is 0 Å². The van der Waals surface area contributed by atoms with E-state index in [0.29, 0.717) is 17.4 Å². The SMILES string of the molecule is CCOC(=O)CCNC(=O)Cc1csc(N)n1. The molecule has 0 atom stereocenters. The highest BCUT2D eigenvalue weighted by Gasteiger charge is 2.07. The number of esters is 1. The van der Waals surface area contributed by atoms with Gasteiger partial charge in [0.2, 0.25) is 5.91 Å². The first-order chi connectivity index (χ1) is 8.11. The van der Waals surface area contributed by atoms with Crippen LogP contribution in [0.4, 0.5) is 5.13 Å². The van der Waals surface area contributed by atoms with Gasteiger partial charge in [0.1, 0.15) is 0 Å². The van der Waals surface area contributed by atoms with Crippen molar-refractivity contribution < 1.29 is 14.3 Å². The molecule has 94 valence electrons. The molecule has 1 amide bonds. The Balaban J connectivity index is 2.19. The highest BCUT2D eigenvalue weighted by atomic mass is 32.1. The van der Waals surface area contributed by atoms with Gasteiger partial charge < -0.3 is 15.8 Å². The fraction of sp³-hybridized carbons (Fsp3) is 0.500. The molecule has 0 spiro atoms. The molecule has 0 unspecified atom stereocenters. The minimum absolute atomic E-state index is 0.177. The summed E-state index contributed by atoms with van der Waals surface area (Å²) in [5.74, 6) is -0.495. The summed E-state index contributed by atoms with van der Waals surface area (Å²) in [5, 5.41) is 4.79. The zero-order valence-electron chi connectivity index (χ0n) is 9.56. The second-order valence-electron chi connectivity index (χ2n) is 3.26. The van der Waals surface area contributed by atoms with E-state index in [1.807, 2.05) is 0 Å². The van der Waals surface area contributed by atoms with Crippen LogP contribution >= 0.6 is 11.3 Å². The minimum atomic E-state index is -0.314. The number of hydrogen-bond acceptors (Lipinski definition) is 6. The summed E-state index contributed by atoms with van der Waals surface area (Å²) in [6, 6.07) is 0. The first kappa shape index (κ1) is 13.4. The number of nitrogens with one attached hydrogen (secondary N) is 1. The molecule has 7 heteroatoms. The number of nitrogens with zero attached hydrogens (tertiary/aromatic N) is 1. The van der Waals surface area contributed by atoms with Gasteiger partial charge in [-0.25, -0.2) is 4.98 Å². The molecule has 6 nitrogen and oxygen atoms in total. The number of ether oxygens (including phenoxy) is 1. The lowest BCUT2D eigenvalue weighted by atomic mass is 10.3. The number of hydrogen-bond donors (Lipinski definition) is 2. The Bertz CT molecular complexity index is 392. The lowest BCUT2D eigenvalue weighted by molar-refractivity contribution is -0.143. The molecule has 0 bridgehead atoms. The number of anilines is 1. The minimum Gasteiger partial charge on any atom is -0.466 e. The van der Waals surface area contributed by atoms with E-state index in [1.165, 1.54) is 11.3 Å². The van der Waals surface area contributed by atoms with Crippen LogP contribution in [0.3, 0.4) is 0 Å². The van der Waals surface area contributed by atoms with Crippen molar-refractivity contribution in [3.8, 4) is 0 Å². The Morgan fingerprint density at radius 2 is 2.35 bits per heavy atom. The van der Waals surface area contributed by atoms with E-state index >= 15 is 0 Å². The molecular formula is C10H15N3O3S. The first-order valence-corrected chi connectivity index (χ1v) is 6.12. The fourth-order valence-electron chi connectivity index (χ4n) is 1.17. The van der Waals surface area contributed by atoms with E-state index in [1.54, 1.807) is 12.3 Å². The molecular weight excluding hydrogens is 242 g/mol. The predicted molar refractivity (Wildman–Crippen MR) is 64.5 cm³/mol. The highest BCUT2D eigenvalue weighted by molar-refractivity contribution is 7.13. The molecule has 17 heavy (non-hydrogen) atoms. The van der Waals surface area contributed by atoms with Crippen LogP contribution in [0.15, 0.2) is 5.38 Å². The largest absolute Gasteiger partial charge is 0.466 e. The van der Waals surface area contributed by atoms with Crippen LogP contribution in [0.1, 0.15) is 19.0 Å². The van der Waals surface area contributed by atoms with Gasteiger partial charge in [-0.05, 0) is 6.92 Å². The van der Waals surface area contributed by atoms with Gasteiger partial charge in [0, 0.05) is 11.9 Å². The second kappa shape index (κ2) is 6.85. The van der Waals surface area contributed by atoms with Crippen molar-refractivity contribution in [1.82, 2.24) is 10.3 Å². The molecule has 0 saturated carbocycles. The molecule has 1 aromatic heterocycles. The summed E-state index contributed by atoms with van der Waals surface area (Å²) in [4.78, 5) is 26.4. The number of nitrogens with two attached hydrogens (primary N) is 1. The van der Waals surface area contributed by atoms with Gasteiger partial charge in [0.25, 0.3) is 0 Å². The van der Waals surface area contributed by atoms with Crippen molar-refractivity contribution in [2.24, 2.45) is 0 Å². The number of amides is 1. The fourth-order valence-corrected chi connectivity index (χ4v) is 1.73. The number of thiazole rings is 1. The van der Waals surface area contributed by atoms with Crippen LogP contribution < -0.4 is 11.1 Å². The van der Waals surface area contributed by atoms with Gasteiger partial charge in [-0.1, -0.05) is 0 Å². The maximum Gasteiger partial charge on any atom is 0.307 e. The summed E-state index contributed by atoms with van der Waals surface area (Å²) in [5.41, 5.74) is 6.08. The number of nitrogen functional groups attached to an aromatic ring is 1. The summed E-state index contributed by atoms with van der Waals surface area (Å²) in [6.45, 7) is 2.37. The Morgan fingerprint density at radius 1 is 1.59 bits per heavy atom. The number of carbonyl (C=O) groups excluding carboxylic acids is 2. The number of rotatable bonds is 6. The van der Waals surface area contributed by atoms with Gasteiger partial charge in [-0.15, -0.1) is 11.3 Å². The average molecular weight is 257 g/mol. The van der Waals surface area contributed by atoms with Crippen molar-refractivity contribution in [3.63, 3.8) is 0 Å². The maximum absolute atomic E-state index is 11.4. The molecule has 1 heterocycles. The molecule has 0 aromatic carbocycles. The molecule has 0 aliphatic carbocycles. The monoisotopic (exact) mass is 257 g/mol. The topological polar surface area (TPSA) is 94.3 Å². The lowest BCUT2D eigenvalue weighted by Gasteiger charge is -2.03. The van der Waals surface area contributed by atoms with Gasteiger partial charge in [-0.2, -0.15) is 0 Å². The molecule has 1 rings (SSSR count). The number of carbonyl (C=O) groups is 2. The Hall–Kier alpha value is -1.63. The zero-order chi connectivity index (χ0) is 12.7. The number of aromatic nitrogens is 1. The molecule has 1 aromatic rings. The van der Waals surface area contributed by atoms with E-state index in [4.69, 9.17) is 10.5 Å². The van der Waals surface area contributed by atoms with Crippen molar-refractivity contribution in [3.05, 3.63) is 11.1 Å². The van der Waals surface area contributed by atoms with Crippen molar-refractivity contribution >= 4 is 28.3 Å². The maximum atomic E-state index is 11.4. The lowest BCUT2D eigenvalue weighted by Crippen LogP contribution is -2.28. The molecule has 0 aliphatic heterocycles. The predicted octanol–water partition coefficient (Wildman–Crippen LogP) is 0.337. The normalized spacial score (nSPS) is 9.94. The standard InChI is InChI=1S/C10H15N3O3S/c1-2-16-9(15)3-4-12-8(14)5-7-6-17-10(11)13-7/h6H,2-5H2,1H3,(H2,11,13)(H,12,14). The van der Waals surface area contributed by atoms with Crippen LogP contribution in [0.5, 0.6) is 0 Å². The van der Waals surface area contributed by atoms with Crippen LogP contribution in [-0.2, 0) is 20.7 Å². The molecule has 0 fully saturated rings. The molecule has 0 saturated heterocycles. The van der Waals surface area contributed by atoms with E-state index in [0.717, 1.165) is 0 Å². The molecule has 3 N–H and O–H groups in total. The average Bonchev–Trinajstić information content (AvgIpc) is 2.64. The van der Waals surface area contributed by atoms with E-state index < -0.39 is 0 Å². The van der Waals surface area contributed by atoms with E-state index in [2.05, 4.69) is 10.3 Å². The third-order valence-electron chi connectivity index (χ3n) is 1.87. The quantitative estimate of drug-likeness (QED) is 0.716. The van der Waals surface area contributed by atoms with Crippen LogP contribution in [0, 0.1) is 0 Å². The Morgan fingerprint density at radius 3 is 2.94 bits per heavy atom.